The van der Waals surface area contributed by atoms with E-state index in [0.29, 0.717) is 5.88 Å². The third-order valence-corrected chi connectivity index (χ3v) is 5.35. The van der Waals surface area contributed by atoms with Crippen LogP contribution in [0, 0.1) is 0 Å². The van der Waals surface area contributed by atoms with Crippen LogP contribution in [0.25, 0.3) is 0 Å². The maximum absolute atomic E-state index is 5.86. The van der Waals surface area contributed by atoms with Crippen LogP contribution < -0.4 is 5.19 Å². The third-order valence-electron chi connectivity index (χ3n) is 2.30. The zero-order valence-electron chi connectivity index (χ0n) is 9.12. The predicted octanol–water partition coefficient (Wildman–Crippen LogP) is 1.51. The van der Waals surface area contributed by atoms with Gasteiger partial charge in [0.1, 0.15) is 0 Å². The molecule has 3 nitrogen and oxygen atoms in total. The number of rotatable bonds is 5. The van der Waals surface area contributed by atoms with E-state index in [1.54, 1.807) is 21.3 Å². The van der Waals surface area contributed by atoms with Crippen molar-refractivity contribution in [1.82, 2.24) is 0 Å². The van der Waals surface area contributed by atoms with Crippen LogP contribution >= 0.6 is 11.6 Å². The zero-order chi connectivity index (χ0) is 11.3. The van der Waals surface area contributed by atoms with Crippen molar-refractivity contribution in [2.75, 3.05) is 21.3 Å². The van der Waals surface area contributed by atoms with Gasteiger partial charge in [0.05, 0.1) is 0 Å². The highest BCUT2D eigenvalue weighted by atomic mass is 35.5. The SMILES string of the molecule is CO[Si](OC)(OC)c1ccccc1CCl. The molecule has 0 atom stereocenters. The number of halogens is 1. The summed E-state index contributed by atoms with van der Waals surface area (Å²) in [5.41, 5.74) is 0.983. The smallest absolute Gasteiger partial charge is 0.373 e. The van der Waals surface area contributed by atoms with E-state index >= 15 is 0 Å². The summed E-state index contributed by atoms with van der Waals surface area (Å²) in [6.07, 6.45) is 0. The van der Waals surface area contributed by atoms with Crippen LogP contribution in [0.15, 0.2) is 24.3 Å². The van der Waals surface area contributed by atoms with Crippen molar-refractivity contribution in [2.45, 2.75) is 5.88 Å². The highest BCUT2D eigenvalue weighted by Crippen LogP contribution is 2.11. The summed E-state index contributed by atoms with van der Waals surface area (Å²) in [4.78, 5) is 0. The van der Waals surface area contributed by atoms with E-state index < -0.39 is 8.80 Å². The average molecular weight is 247 g/mol. The van der Waals surface area contributed by atoms with Crippen molar-refractivity contribution in [3.05, 3.63) is 29.8 Å². The monoisotopic (exact) mass is 246 g/mol. The lowest BCUT2D eigenvalue weighted by Gasteiger charge is -2.26. The third kappa shape index (κ3) is 2.41. The van der Waals surface area contributed by atoms with Gasteiger partial charge in [0, 0.05) is 32.4 Å². The first-order valence-electron chi connectivity index (χ1n) is 4.54. The lowest BCUT2D eigenvalue weighted by Crippen LogP contribution is -2.55. The van der Waals surface area contributed by atoms with Crippen LogP contribution in [0.3, 0.4) is 0 Å². The fraction of sp³-hybridized carbons (Fsp3) is 0.400. The van der Waals surface area contributed by atoms with Gasteiger partial charge in [-0.05, 0) is 5.56 Å². The average Bonchev–Trinajstić information content (AvgIpc) is 2.33. The fourth-order valence-corrected chi connectivity index (χ4v) is 3.89. The summed E-state index contributed by atoms with van der Waals surface area (Å²) in [5.74, 6) is 0.418. The van der Waals surface area contributed by atoms with Gasteiger partial charge in [-0.2, -0.15) is 0 Å². The Labute approximate surface area is 96.3 Å². The lowest BCUT2D eigenvalue weighted by atomic mass is 10.2. The van der Waals surface area contributed by atoms with Gasteiger partial charge in [-0.1, -0.05) is 24.3 Å². The molecule has 15 heavy (non-hydrogen) atoms. The minimum Gasteiger partial charge on any atom is -0.373 e. The van der Waals surface area contributed by atoms with Crippen molar-refractivity contribution in [3.63, 3.8) is 0 Å². The molecule has 84 valence electrons. The predicted molar refractivity (Wildman–Crippen MR) is 62.4 cm³/mol. The number of hydrogen-bond donors (Lipinski definition) is 0. The summed E-state index contributed by atoms with van der Waals surface area (Å²) in [6.45, 7) is 0. The molecule has 0 radical (unpaired) electrons. The topological polar surface area (TPSA) is 27.7 Å². The Morgan fingerprint density at radius 3 is 2.07 bits per heavy atom. The second kappa shape index (κ2) is 5.63. The van der Waals surface area contributed by atoms with Crippen LogP contribution in [0.5, 0.6) is 0 Å². The van der Waals surface area contributed by atoms with Crippen LogP contribution in [-0.2, 0) is 19.2 Å². The van der Waals surface area contributed by atoms with E-state index in [2.05, 4.69) is 0 Å². The van der Waals surface area contributed by atoms with Gasteiger partial charge < -0.3 is 13.3 Å². The second-order valence-corrected chi connectivity index (χ2v) is 6.10. The molecule has 0 bridgehead atoms. The van der Waals surface area contributed by atoms with Crippen molar-refractivity contribution >= 4 is 25.6 Å². The second-order valence-electron chi connectivity index (χ2n) is 2.96. The van der Waals surface area contributed by atoms with Crippen molar-refractivity contribution in [1.29, 1.82) is 0 Å². The first-order chi connectivity index (χ1) is 7.24. The Kier molecular flexibility index (Phi) is 4.75. The highest BCUT2D eigenvalue weighted by molar-refractivity contribution is 6.75. The molecule has 0 saturated carbocycles. The first-order valence-corrected chi connectivity index (χ1v) is 6.79. The molecule has 0 aromatic heterocycles. The van der Waals surface area contributed by atoms with E-state index in [4.69, 9.17) is 24.9 Å². The Bertz CT molecular complexity index is 307. The number of benzene rings is 1. The standard InChI is InChI=1S/C10H15ClO3Si/c1-12-15(13-2,14-3)10-7-5-4-6-9(10)8-11/h4-7H,8H2,1-3H3. The molecule has 1 rings (SSSR count). The zero-order valence-corrected chi connectivity index (χ0v) is 10.9. The molecule has 1 aromatic carbocycles. The van der Waals surface area contributed by atoms with Crippen LogP contribution in [0.2, 0.25) is 0 Å². The van der Waals surface area contributed by atoms with Gasteiger partial charge >= 0.3 is 8.80 Å². The Balaban J connectivity index is 3.21. The van der Waals surface area contributed by atoms with E-state index in [1.165, 1.54) is 0 Å². The first kappa shape index (κ1) is 12.7. The molecular formula is C10H15ClO3Si. The molecule has 0 unspecified atom stereocenters. The minimum atomic E-state index is -2.74. The van der Waals surface area contributed by atoms with Gasteiger partial charge in [-0.3, -0.25) is 0 Å². The van der Waals surface area contributed by atoms with Crippen LogP contribution in [0.4, 0.5) is 0 Å². The molecule has 0 aliphatic rings. The van der Waals surface area contributed by atoms with Gasteiger partial charge in [0.2, 0.25) is 0 Å². The quantitative estimate of drug-likeness (QED) is 0.582. The number of alkyl halides is 1. The molecule has 0 fully saturated rings. The van der Waals surface area contributed by atoms with E-state index in [9.17, 15) is 0 Å². The fourth-order valence-electron chi connectivity index (χ4n) is 1.52. The molecule has 0 aliphatic carbocycles. The van der Waals surface area contributed by atoms with Crippen molar-refractivity contribution in [2.24, 2.45) is 0 Å². The van der Waals surface area contributed by atoms with E-state index in [1.807, 2.05) is 24.3 Å². The lowest BCUT2D eigenvalue weighted by molar-refractivity contribution is 0.140. The normalized spacial score (nSPS) is 11.7. The molecular weight excluding hydrogens is 232 g/mol. The van der Waals surface area contributed by atoms with Gasteiger partial charge in [0.15, 0.2) is 0 Å². The molecule has 0 saturated heterocycles. The van der Waals surface area contributed by atoms with E-state index in [0.717, 1.165) is 10.8 Å². The summed E-state index contributed by atoms with van der Waals surface area (Å²) in [6, 6.07) is 7.73. The highest BCUT2D eigenvalue weighted by Gasteiger charge is 2.42. The minimum absolute atomic E-state index is 0.418. The van der Waals surface area contributed by atoms with Crippen LogP contribution in [-0.4, -0.2) is 30.1 Å². The molecule has 0 spiro atoms. The summed E-state index contributed by atoms with van der Waals surface area (Å²) >= 11 is 5.86. The molecule has 1 aromatic rings. The Morgan fingerprint density at radius 2 is 1.60 bits per heavy atom. The molecule has 0 heterocycles. The van der Waals surface area contributed by atoms with Gasteiger partial charge in [-0.25, -0.2) is 0 Å². The molecule has 0 N–H and O–H groups in total. The number of hydrogen-bond acceptors (Lipinski definition) is 3. The van der Waals surface area contributed by atoms with Gasteiger partial charge in [0.25, 0.3) is 0 Å². The van der Waals surface area contributed by atoms with E-state index in [-0.39, 0.29) is 0 Å². The summed E-state index contributed by atoms with van der Waals surface area (Å²) < 4.78 is 16.2. The maximum Gasteiger partial charge on any atom is 0.536 e. The maximum atomic E-state index is 5.86. The molecule has 5 heteroatoms. The largest absolute Gasteiger partial charge is 0.536 e. The molecule has 0 aliphatic heterocycles. The van der Waals surface area contributed by atoms with Crippen molar-refractivity contribution < 1.29 is 13.3 Å². The Morgan fingerprint density at radius 1 is 1.07 bits per heavy atom. The van der Waals surface area contributed by atoms with Crippen LogP contribution in [0.1, 0.15) is 5.56 Å². The molecule has 0 amide bonds. The summed E-state index contributed by atoms with van der Waals surface area (Å²) in [5, 5.41) is 0.924. The Hall–Kier alpha value is -0.393. The van der Waals surface area contributed by atoms with Crippen molar-refractivity contribution in [3.8, 4) is 0 Å². The van der Waals surface area contributed by atoms with Gasteiger partial charge in [-0.15, -0.1) is 11.6 Å². The summed E-state index contributed by atoms with van der Waals surface area (Å²) in [7, 11) is 2.02.